The average molecular weight is 409 g/mol. The van der Waals surface area contributed by atoms with E-state index < -0.39 is 17.6 Å². The summed E-state index contributed by atoms with van der Waals surface area (Å²) in [7, 11) is 1.49. The monoisotopic (exact) mass is 408 g/mol. The summed E-state index contributed by atoms with van der Waals surface area (Å²) >= 11 is 5.88. The van der Waals surface area contributed by atoms with Crippen LogP contribution in [0.25, 0.3) is 5.69 Å². The third-order valence-corrected chi connectivity index (χ3v) is 4.30. The van der Waals surface area contributed by atoms with Gasteiger partial charge in [0.1, 0.15) is 5.82 Å². The number of halogens is 4. The Labute approximate surface area is 164 Å². The Kier molecular flexibility index (Phi) is 5.42. The zero-order valence-corrected chi connectivity index (χ0v) is 15.8. The van der Waals surface area contributed by atoms with Gasteiger partial charge in [0, 0.05) is 18.6 Å². The van der Waals surface area contributed by atoms with Gasteiger partial charge >= 0.3 is 6.18 Å². The second-order valence-electron chi connectivity index (χ2n) is 6.23. The molecule has 0 saturated carbocycles. The minimum Gasteiger partial charge on any atom is -0.335 e. The minimum atomic E-state index is -4.44. The highest BCUT2D eigenvalue weighted by atomic mass is 35.5. The SMILES string of the molecule is Cc1nc(C(=O)N(C)Cc2cccc(C(F)(F)F)c2)nn1-c1ccc(Cl)cc1. The zero-order chi connectivity index (χ0) is 20.5. The Morgan fingerprint density at radius 3 is 2.50 bits per heavy atom. The summed E-state index contributed by atoms with van der Waals surface area (Å²) in [5, 5.41) is 4.79. The second kappa shape index (κ2) is 7.63. The molecule has 0 radical (unpaired) electrons. The third kappa shape index (κ3) is 4.33. The predicted octanol–water partition coefficient (Wildman–Crippen LogP) is 4.52. The van der Waals surface area contributed by atoms with Crippen LogP contribution in [0.4, 0.5) is 13.2 Å². The van der Waals surface area contributed by atoms with Crippen molar-refractivity contribution in [2.45, 2.75) is 19.6 Å². The van der Waals surface area contributed by atoms with Crippen molar-refractivity contribution in [2.24, 2.45) is 0 Å². The first-order chi connectivity index (χ1) is 13.1. The summed E-state index contributed by atoms with van der Waals surface area (Å²) in [6, 6.07) is 11.7. The molecule has 0 aliphatic carbocycles. The lowest BCUT2D eigenvalue weighted by Gasteiger charge is -2.16. The summed E-state index contributed by atoms with van der Waals surface area (Å²) in [6.07, 6.45) is -4.44. The molecule has 1 amide bonds. The molecule has 146 valence electrons. The molecule has 0 atom stereocenters. The molecule has 1 aromatic heterocycles. The van der Waals surface area contributed by atoms with Crippen LogP contribution in [0.3, 0.4) is 0 Å². The van der Waals surface area contributed by atoms with Gasteiger partial charge in [0.2, 0.25) is 5.82 Å². The first-order valence-corrected chi connectivity index (χ1v) is 8.64. The van der Waals surface area contributed by atoms with E-state index in [2.05, 4.69) is 10.1 Å². The number of carbonyl (C=O) groups excluding carboxylic acids is 1. The number of rotatable bonds is 4. The maximum absolute atomic E-state index is 12.9. The Balaban J connectivity index is 1.79. The fourth-order valence-electron chi connectivity index (χ4n) is 2.67. The molecule has 3 rings (SSSR count). The molecule has 0 N–H and O–H groups in total. The Hall–Kier alpha value is -2.87. The quantitative estimate of drug-likeness (QED) is 0.637. The molecule has 0 unspecified atom stereocenters. The lowest BCUT2D eigenvalue weighted by Crippen LogP contribution is -2.27. The highest BCUT2D eigenvalue weighted by Crippen LogP contribution is 2.29. The van der Waals surface area contributed by atoms with Crippen LogP contribution < -0.4 is 0 Å². The van der Waals surface area contributed by atoms with Crippen molar-refractivity contribution in [1.82, 2.24) is 19.7 Å². The van der Waals surface area contributed by atoms with Gasteiger partial charge in [-0.1, -0.05) is 23.7 Å². The molecule has 1 heterocycles. The number of hydrogen-bond donors (Lipinski definition) is 0. The van der Waals surface area contributed by atoms with E-state index in [0.29, 0.717) is 22.1 Å². The van der Waals surface area contributed by atoms with Crippen LogP contribution in [0, 0.1) is 6.92 Å². The number of benzene rings is 2. The fourth-order valence-corrected chi connectivity index (χ4v) is 2.80. The number of alkyl halides is 3. The van der Waals surface area contributed by atoms with Gasteiger partial charge in [0.25, 0.3) is 5.91 Å². The zero-order valence-electron chi connectivity index (χ0n) is 15.0. The maximum atomic E-state index is 12.9. The minimum absolute atomic E-state index is 0.00269. The molecule has 2 aromatic carbocycles. The van der Waals surface area contributed by atoms with Gasteiger partial charge in [-0.3, -0.25) is 4.79 Å². The third-order valence-electron chi connectivity index (χ3n) is 4.05. The van der Waals surface area contributed by atoms with Crippen molar-refractivity contribution in [3.8, 4) is 5.69 Å². The number of aryl methyl sites for hydroxylation is 1. The van der Waals surface area contributed by atoms with E-state index in [9.17, 15) is 18.0 Å². The molecular formula is C19H16ClF3N4O. The van der Waals surface area contributed by atoms with E-state index in [0.717, 1.165) is 12.1 Å². The van der Waals surface area contributed by atoms with Crippen molar-refractivity contribution < 1.29 is 18.0 Å². The van der Waals surface area contributed by atoms with Crippen LogP contribution >= 0.6 is 11.6 Å². The lowest BCUT2D eigenvalue weighted by atomic mass is 10.1. The van der Waals surface area contributed by atoms with E-state index >= 15 is 0 Å². The van der Waals surface area contributed by atoms with Gasteiger partial charge in [0.15, 0.2) is 0 Å². The van der Waals surface area contributed by atoms with Gasteiger partial charge < -0.3 is 4.90 Å². The van der Waals surface area contributed by atoms with Gasteiger partial charge in [-0.05, 0) is 48.9 Å². The van der Waals surface area contributed by atoms with E-state index in [-0.39, 0.29) is 12.4 Å². The van der Waals surface area contributed by atoms with Crippen LogP contribution in [0.15, 0.2) is 48.5 Å². The van der Waals surface area contributed by atoms with Gasteiger partial charge in [-0.15, -0.1) is 5.10 Å². The summed E-state index contributed by atoms with van der Waals surface area (Å²) in [5.74, 6) is -0.0340. The molecule has 0 fully saturated rings. The molecule has 0 aliphatic rings. The first kappa shape index (κ1) is 19.9. The second-order valence-corrected chi connectivity index (χ2v) is 6.67. The maximum Gasteiger partial charge on any atom is 0.416 e. The molecular weight excluding hydrogens is 393 g/mol. The summed E-state index contributed by atoms with van der Waals surface area (Å²) in [4.78, 5) is 18.1. The largest absolute Gasteiger partial charge is 0.416 e. The molecule has 28 heavy (non-hydrogen) atoms. The number of amides is 1. The van der Waals surface area contributed by atoms with Crippen LogP contribution in [-0.2, 0) is 12.7 Å². The van der Waals surface area contributed by atoms with E-state index in [1.165, 1.54) is 28.8 Å². The molecule has 9 heteroatoms. The summed E-state index contributed by atoms with van der Waals surface area (Å²) in [5.41, 5.74) is 0.292. The van der Waals surface area contributed by atoms with E-state index in [4.69, 9.17) is 11.6 Å². The number of nitrogens with zero attached hydrogens (tertiary/aromatic N) is 4. The molecule has 0 spiro atoms. The molecule has 0 bridgehead atoms. The Morgan fingerprint density at radius 2 is 1.86 bits per heavy atom. The van der Waals surface area contributed by atoms with Crippen LogP contribution in [0.2, 0.25) is 5.02 Å². The normalized spacial score (nSPS) is 11.5. The van der Waals surface area contributed by atoms with E-state index in [1.807, 2.05) is 0 Å². The van der Waals surface area contributed by atoms with Crippen molar-refractivity contribution >= 4 is 17.5 Å². The Bertz CT molecular complexity index is 999. The highest BCUT2D eigenvalue weighted by molar-refractivity contribution is 6.30. The van der Waals surface area contributed by atoms with Crippen LogP contribution in [0.1, 0.15) is 27.6 Å². The van der Waals surface area contributed by atoms with Crippen molar-refractivity contribution in [3.05, 3.63) is 76.3 Å². The van der Waals surface area contributed by atoms with Gasteiger partial charge in [0.05, 0.1) is 11.3 Å². The average Bonchev–Trinajstić information content (AvgIpc) is 3.03. The standard InChI is InChI=1S/C19H16ClF3N4O/c1-12-24-17(25-27(12)16-8-6-15(20)7-9-16)18(28)26(2)11-13-4-3-5-14(10-13)19(21,22)23/h3-10H,11H2,1-2H3. The van der Waals surface area contributed by atoms with Gasteiger partial charge in [-0.25, -0.2) is 9.67 Å². The molecule has 0 aliphatic heterocycles. The number of carbonyl (C=O) groups is 1. The summed E-state index contributed by atoms with van der Waals surface area (Å²) < 4.78 is 40.1. The topological polar surface area (TPSA) is 51.0 Å². The van der Waals surface area contributed by atoms with Crippen molar-refractivity contribution in [1.29, 1.82) is 0 Å². The molecule has 5 nitrogen and oxygen atoms in total. The number of aromatic nitrogens is 3. The summed E-state index contributed by atoms with van der Waals surface area (Å²) in [6.45, 7) is 1.70. The molecule has 0 saturated heterocycles. The smallest absolute Gasteiger partial charge is 0.335 e. The van der Waals surface area contributed by atoms with Crippen molar-refractivity contribution in [3.63, 3.8) is 0 Å². The van der Waals surface area contributed by atoms with Gasteiger partial charge in [-0.2, -0.15) is 13.2 Å². The first-order valence-electron chi connectivity index (χ1n) is 8.26. The van der Waals surface area contributed by atoms with E-state index in [1.54, 1.807) is 31.2 Å². The molecule has 3 aromatic rings. The Morgan fingerprint density at radius 1 is 1.18 bits per heavy atom. The number of hydrogen-bond acceptors (Lipinski definition) is 3. The fraction of sp³-hybridized carbons (Fsp3) is 0.211. The highest BCUT2D eigenvalue weighted by Gasteiger charge is 2.30. The van der Waals surface area contributed by atoms with Crippen molar-refractivity contribution in [2.75, 3.05) is 7.05 Å². The predicted molar refractivity (Wildman–Crippen MR) is 98.3 cm³/mol. The van der Waals surface area contributed by atoms with Crippen LogP contribution in [0.5, 0.6) is 0 Å². The lowest BCUT2D eigenvalue weighted by molar-refractivity contribution is -0.137. The van der Waals surface area contributed by atoms with Crippen LogP contribution in [-0.4, -0.2) is 32.6 Å².